The number of fused-ring (bicyclic) bond motifs is 3. The molecule has 3 aliphatic heterocycles. The van der Waals surface area contributed by atoms with Crippen LogP contribution >= 0.6 is 0 Å². The quantitative estimate of drug-likeness (QED) is 0.256. The maximum atomic E-state index is 13.8. The Hall–Kier alpha value is -4.23. The third-order valence-electron chi connectivity index (χ3n) is 10.2. The lowest BCUT2D eigenvalue weighted by Crippen LogP contribution is -2.61. The molecule has 0 aromatic heterocycles. The summed E-state index contributed by atoms with van der Waals surface area (Å²) in [6.45, 7) is 11.8. The minimum absolute atomic E-state index is 0.0239. The highest BCUT2D eigenvalue weighted by atomic mass is 16.7. The standard InChI is InChI=1S/C37H48N2O11/c1-19(2)9-25(38-35(42)49-23-15-36(3,4)39(43)37(5,6)16-23)33(40)50-32-28(44-7)12-21(13-29(32)45-8)30-24-14-27-26(47-18-48-27)11-20(24)10-22-17-46-34(41)31(22)30/h11-14,19,22-23,25,30-31,43H,9-10,15-18H2,1-8H3,(H,38,42)/t22-,25-,30+,31-/m0/s1. The second kappa shape index (κ2) is 13.5. The van der Waals surface area contributed by atoms with Gasteiger partial charge < -0.3 is 43.7 Å². The zero-order valence-electron chi connectivity index (χ0n) is 30.0. The summed E-state index contributed by atoms with van der Waals surface area (Å²) in [4.78, 5) is 40.1. The molecule has 0 radical (unpaired) electrons. The summed E-state index contributed by atoms with van der Waals surface area (Å²) in [6, 6.07) is 6.34. The number of alkyl carbamates (subject to hydrolysis) is 1. The molecule has 2 aromatic carbocycles. The third kappa shape index (κ3) is 6.77. The van der Waals surface area contributed by atoms with Gasteiger partial charge in [0.2, 0.25) is 12.5 Å². The Morgan fingerprint density at radius 3 is 2.20 bits per heavy atom. The summed E-state index contributed by atoms with van der Waals surface area (Å²) in [6.07, 6.45) is 0.533. The predicted octanol–water partition coefficient (Wildman–Crippen LogP) is 5.37. The van der Waals surface area contributed by atoms with Crippen molar-refractivity contribution < 1.29 is 52.7 Å². The van der Waals surface area contributed by atoms with Crippen molar-refractivity contribution in [1.82, 2.24) is 10.4 Å². The third-order valence-corrected chi connectivity index (χ3v) is 10.2. The monoisotopic (exact) mass is 696 g/mol. The molecule has 2 fully saturated rings. The van der Waals surface area contributed by atoms with Crippen LogP contribution in [0.15, 0.2) is 24.3 Å². The maximum absolute atomic E-state index is 13.8. The van der Waals surface area contributed by atoms with E-state index in [1.807, 2.05) is 53.7 Å². The van der Waals surface area contributed by atoms with Gasteiger partial charge in [-0.05, 0) is 87.4 Å². The molecule has 1 amide bonds. The molecule has 3 heterocycles. The van der Waals surface area contributed by atoms with Gasteiger partial charge in [0.25, 0.3) is 0 Å². The lowest BCUT2D eigenvalue weighted by Gasteiger charge is -2.50. The SMILES string of the molecule is COc1cc([C@@H]2c3cc4c(cc3C[C@H]3COC(=O)[C@@H]32)OCO4)cc(OC)c1OC(=O)[C@H](CC(C)C)NC(=O)OC1CC(C)(C)N(O)C(C)(C)C1. The van der Waals surface area contributed by atoms with Crippen LogP contribution in [0, 0.1) is 17.8 Å². The fourth-order valence-corrected chi connectivity index (χ4v) is 8.13. The van der Waals surface area contributed by atoms with Crippen LogP contribution in [0.5, 0.6) is 28.7 Å². The number of esters is 2. The highest BCUT2D eigenvalue weighted by Gasteiger charge is 2.49. The summed E-state index contributed by atoms with van der Waals surface area (Å²) in [5.74, 6) is -0.127. The van der Waals surface area contributed by atoms with Gasteiger partial charge in [-0.1, -0.05) is 13.8 Å². The molecular formula is C37H48N2O11. The van der Waals surface area contributed by atoms with E-state index < -0.39 is 47.1 Å². The van der Waals surface area contributed by atoms with Crippen LogP contribution in [-0.2, 0) is 25.5 Å². The van der Waals surface area contributed by atoms with Crippen LogP contribution < -0.4 is 29.0 Å². The number of piperidine rings is 1. The molecule has 6 rings (SSSR count). The Labute approximate surface area is 292 Å². The van der Waals surface area contributed by atoms with E-state index in [-0.39, 0.29) is 48.3 Å². The number of hydrogen-bond donors (Lipinski definition) is 2. The normalized spacial score (nSPS) is 24.1. The van der Waals surface area contributed by atoms with E-state index >= 15 is 0 Å². The zero-order valence-corrected chi connectivity index (χ0v) is 30.0. The van der Waals surface area contributed by atoms with Crippen LogP contribution in [0.1, 0.15) is 83.4 Å². The molecule has 13 nitrogen and oxygen atoms in total. The van der Waals surface area contributed by atoms with Gasteiger partial charge in [-0.2, -0.15) is 5.06 Å². The number of hydrogen-bond acceptors (Lipinski definition) is 12. The number of carbonyl (C=O) groups excluding carboxylic acids is 3. The zero-order chi connectivity index (χ0) is 36.1. The smallest absolute Gasteiger partial charge is 0.408 e. The van der Waals surface area contributed by atoms with E-state index in [9.17, 15) is 19.6 Å². The van der Waals surface area contributed by atoms with Gasteiger partial charge in [-0.3, -0.25) is 4.79 Å². The molecule has 0 saturated carbocycles. The van der Waals surface area contributed by atoms with Gasteiger partial charge >= 0.3 is 18.0 Å². The second-order valence-corrected chi connectivity index (χ2v) is 15.4. The first-order valence-corrected chi connectivity index (χ1v) is 17.1. The lowest BCUT2D eigenvalue weighted by molar-refractivity contribution is -0.256. The molecule has 272 valence electrons. The molecule has 2 saturated heterocycles. The van der Waals surface area contributed by atoms with Gasteiger partial charge in [-0.25, -0.2) is 9.59 Å². The van der Waals surface area contributed by atoms with Crippen molar-refractivity contribution >= 4 is 18.0 Å². The topological polar surface area (TPSA) is 151 Å². The predicted molar refractivity (Wildman–Crippen MR) is 179 cm³/mol. The van der Waals surface area contributed by atoms with Crippen molar-refractivity contribution in [3.8, 4) is 28.7 Å². The first-order chi connectivity index (χ1) is 23.6. The Bertz CT molecular complexity index is 1610. The average molecular weight is 697 g/mol. The summed E-state index contributed by atoms with van der Waals surface area (Å²) in [5, 5.41) is 14.7. The number of rotatable bonds is 9. The fourth-order valence-electron chi connectivity index (χ4n) is 8.13. The number of amides is 1. The van der Waals surface area contributed by atoms with E-state index in [1.54, 1.807) is 12.1 Å². The summed E-state index contributed by atoms with van der Waals surface area (Å²) in [7, 11) is 2.91. The van der Waals surface area contributed by atoms with Gasteiger partial charge in [0.15, 0.2) is 23.0 Å². The molecule has 0 bridgehead atoms. The highest BCUT2D eigenvalue weighted by molar-refractivity contribution is 5.84. The molecule has 0 spiro atoms. The summed E-state index contributed by atoms with van der Waals surface area (Å²) >= 11 is 0. The average Bonchev–Trinajstić information content (AvgIpc) is 3.66. The number of benzene rings is 2. The lowest BCUT2D eigenvalue weighted by atomic mass is 9.67. The van der Waals surface area contributed by atoms with Gasteiger partial charge in [-0.15, -0.1) is 0 Å². The van der Waals surface area contributed by atoms with Crippen LogP contribution in [0.2, 0.25) is 0 Å². The molecular weight excluding hydrogens is 648 g/mol. The number of nitrogens with one attached hydrogen (secondary N) is 1. The van der Waals surface area contributed by atoms with Crippen LogP contribution in [0.4, 0.5) is 4.79 Å². The number of nitrogens with zero attached hydrogens (tertiary/aromatic N) is 1. The largest absolute Gasteiger partial charge is 0.493 e. The van der Waals surface area contributed by atoms with Gasteiger partial charge in [0, 0.05) is 35.8 Å². The first-order valence-electron chi connectivity index (χ1n) is 17.1. The minimum atomic E-state index is -1.04. The van der Waals surface area contributed by atoms with Crippen molar-refractivity contribution in [2.24, 2.45) is 17.8 Å². The minimum Gasteiger partial charge on any atom is -0.493 e. The molecule has 50 heavy (non-hydrogen) atoms. The first kappa shape index (κ1) is 35.6. The van der Waals surface area contributed by atoms with Gasteiger partial charge in [0.05, 0.1) is 26.7 Å². The maximum Gasteiger partial charge on any atom is 0.408 e. The Kier molecular flexibility index (Phi) is 9.59. The molecule has 13 heteroatoms. The fraction of sp³-hybridized carbons (Fsp3) is 0.595. The van der Waals surface area contributed by atoms with E-state index in [0.717, 1.165) is 11.1 Å². The van der Waals surface area contributed by atoms with E-state index in [2.05, 4.69) is 5.32 Å². The van der Waals surface area contributed by atoms with Crippen molar-refractivity contribution in [1.29, 1.82) is 0 Å². The Balaban J connectivity index is 1.26. The molecule has 4 atom stereocenters. The molecule has 0 unspecified atom stereocenters. The number of carbonyl (C=O) groups is 3. The van der Waals surface area contributed by atoms with E-state index in [4.69, 9.17) is 33.2 Å². The molecule has 2 aromatic rings. The Morgan fingerprint density at radius 1 is 0.980 bits per heavy atom. The molecule has 4 aliphatic rings. The van der Waals surface area contributed by atoms with Crippen LogP contribution in [0.3, 0.4) is 0 Å². The van der Waals surface area contributed by atoms with Crippen molar-refractivity contribution in [2.45, 2.75) is 96.4 Å². The van der Waals surface area contributed by atoms with Crippen LogP contribution in [-0.4, -0.2) is 79.1 Å². The Morgan fingerprint density at radius 2 is 1.60 bits per heavy atom. The van der Waals surface area contributed by atoms with Crippen LogP contribution in [0.25, 0.3) is 0 Å². The van der Waals surface area contributed by atoms with E-state index in [1.165, 1.54) is 19.3 Å². The van der Waals surface area contributed by atoms with Crippen molar-refractivity contribution in [3.63, 3.8) is 0 Å². The highest BCUT2D eigenvalue weighted by Crippen LogP contribution is 2.52. The van der Waals surface area contributed by atoms with Gasteiger partial charge in [0.1, 0.15) is 12.1 Å². The summed E-state index contributed by atoms with van der Waals surface area (Å²) in [5.41, 5.74) is 1.43. The van der Waals surface area contributed by atoms with Crippen molar-refractivity contribution in [2.75, 3.05) is 27.6 Å². The van der Waals surface area contributed by atoms with E-state index in [0.29, 0.717) is 42.9 Å². The second-order valence-electron chi connectivity index (χ2n) is 15.4. The number of ether oxygens (including phenoxy) is 7. The molecule has 1 aliphatic carbocycles. The number of cyclic esters (lactones) is 1. The number of hydroxylamine groups is 2. The number of methoxy groups -OCH3 is 2. The molecule has 2 N–H and O–H groups in total. The summed E-state index contributed by atoms with van der Waals surface area (Å²) < 4.78 is 40.1. The van der Waals surface area contributed by atoms with Crippen molar-refractivity contribution in [3.05, 3.63) is 41.0 Å².